The number of ether oxygens (including phenoxy) is 2. The Kier molecular flexibility index (Phi) is 3.04. The third kappa shape index (κ3) is 1.81. The van der Waals surface area contributed by atoms with Gasteiger partial charge in [0.05, 0.1) is 14.2 Å². The van der Waals surface area contributed by atoms with E-state index >= 15 is 0 Å². The molecule has 0 unspecified atom stereocenters. The molecule has 2 N–H and O–H groups in total. The zero-order chi connectivity index (χ0) is 11.6. The van der Waals surface area contributed by atoms with Crippen LogP contribution < -0.4 is 9.47 Å². The number of methoxy groups -OCH3 is 2. The molecule has 15 heavy (non-hydrogen) atoms. The van der Waals surface area contributed by atoms with Crippen LogP contribution in [0.3, 0.4) is 0 Å². The third-order valence-electron chi connectivity index (χ3n) is 2.10. The Balaban J connectivity index is 3.53. The maximum Gasteiger partial charge on any atom is 0.343 e. The van der Waals surface area contributed by atoms with E-state index in [0.717, 1.165) is 0 Å². The summed E-state index contributed by atoms with van der Waals surface area (Å²) >= 11 is 0. The van der Waals surface area contributed by atoms with E-state index in [0.29, 0.717) is 11.3 Å². The van der Waals surface area contributed by atoms with Gasteiger partial charge >= 0.3 is 5.97 Å². The van der Waals surface area contributed by atoms with Crippen LogP contribution >= 0.6 is 0 Å². The fraction of sp³-hybridized carbons (Fsp3) is 0.300. The maximum atomic E-state index is 10.9. The molecule has 0 aliphatic heterocycles. The molecular weight excluding hydrogens is 200 g/mol. The van der Waals surface area contributed by atoms with Gasteiger partial charge in [-0.1, -0.05) is 0 Å². The molecule has 0 saturated heterocycles. The smallest absolute Gasteiger partial charge is 0.343 e. The topological polar surface area (TPSA) is 76.0 Å². The molecule has 0 heterocycles. The molecule has 1 aromatic rings. The molecule has 1 aromatic carbocycles. The molecule has 0 bridgehead atoms. The molecule has 0 fully saturated rings. The number of aromatic carboxylic acids is 1. The molecule has 5 nitrogen and oxygen atoms in total. The van der Waals surface area contributed by atoms with Crippen LogP contribution in [-0.2, 0) is 0 Å². The van der Waals surface area contributed by atoms with E-state index < -0.39 is 5.97 Å². The predicted molar refractivity (Wildman–Crippen MR) is 52.9 cm³/mol. The molecule has 0 saturated carbocycles. The second kappa shape index (κ2) is 4.08. The number of hydrogen-bond acceptors (Lipinski definition) is 4. The number of carboxylic acids is 1. The quantitative estimate of drug-likeness (QED) is 0.792. The number of hydrogen-bond donors (Lipinski definition) is 2. The molecule has 0 aromatic heterocycles. The number of benzene rings is 1. The highest BCUT2D eigenvalue weighted by Gasteiger charge is 2.21. The Bertz CT molecular complexity index is 397. The van der Waals surface area contributed by atoms with Crippen molar-refractivity contribution in [3.63, 3.8) is 0 Å². The summed E-state index contributed by atoms with van der Waals surface area (Å²) in [6.07, 6.45) is 0. The summed E-state index contributed by atoms with van der Waals surface area (Å²) in [6.45, 7) is 1.66. The van der Waals surface area contributed by atoms with E-state index in [4.69, 9.17) is 14.6 Å². The molecule has 0 aliphatic rings. The second-order valence-corrected chi connectivity index (χ2v) is 2.94. The first-order valence-corrected chi connectivity index (χ1v) is 4.20. The number of carboxylic acid groups (broad SMARTS) is 1. The van der Waals surface area contributed by atoms with Gasteiger partial charge in [0.1, 0.15) is 22.8 Å². The molecule has 0 aliphatic carbocycles. The molecule has 0 amide bonds. The summed E-state index contributed by atoms with van der Waals surface area (Å²) in [4.78, 5) is 10.9. The van der Waals surface area contributed by atoms with E-state index in [1.54, 1.807) is 6.92 Å². The van der Waals surface area contributed by atoms with Crippen molar-refractivity contribution >= 4 is 5.97 Å². The van der Waals surface area contributed by atoms with Gasteiger partial charge in [0, 0.05) is 11.6 Å². The fourth-order valence-electron chi connectivity index (χ4n) is 1.39. The first-order valence-electron chi connectivity index (χ1n) is 4.20. The van der Waals surface area contributed by atoms with E-state index in [1.807, 2.05) is 0 Å². The Labute approximate surface area is 86.9 Å². The van der Waals surface area contributed by atoms with Crippen LogP contribution in [0.25, 0.3) is 0 Å². The summed E-state index contributed by atoms with van der Waals surface area (Å²) in [5.74, 6) is -1.12. The molecule has 0 spiro atoms. The summed E-state index contributed by atoms with van der Waals surface area (Å²) in [5.41, 5.74) is 0.283. The van der Waals surface area contributed by atoms with Crippen molar-refractivity contribution in [3.05, 3.63) is 17.2 Å². The lowest BCUT2D eigenvalue weighted by Gasteiger charge is -2.13. The van der Waals surface area contributed by atoms with Crippen molar-refractivity contribution in [2.75, 3.05) is 14.2 Å². The first kappa shape index (κ1) is 11.2. The minimum atomic E-state index is -1.24. The Morgan fingerprint density at radius 3 is 2.33 bits per heavy atom. The average Bonchev–Trinajstić information content (AvgIpc) is 2.19. The molecule has 5 heteroatoms. The lowest BCUT2D eigenvalue weighted by Crippen LogP contribution is -2.04. The SMILES string of the molecule is COc1cc(O)c(C(=O)O)c(OC)c1C. The van der Waals surface area contributed by atoms with Gasteiger partial charge in [-0.15, -0.1) is 0 Å². The minimum Gasteiger partial charge on any atom is -0.507 e. The Morgan fingerprint density at radius 2 is 1.93 bits per heavy atom. The van der Waals surface area contributed by atoms with Crippen molar-refractivity contribution in [3.8, 4) is 17.2 Å². The van der Waals surface area contributed by atoms with Crippen molar-refractivity contribution in [1.29, 1.82) is 0 Å². The first-order chi connectivity index (χ1) is 7.02. The van der Waals surface area contributed by atoms with Gasteiger partial charge in [-0.3, -0.25) is 0 Å². The largest absolute Gasteiger partial charge is 0.507 e. The average molecular weight is 212 g/mol. The van der Waals surface area contributed by atoms with Gasteiger partial charge in [0.25, 0.3) is 0 Å². The van der Waals surface area contributed by atoms with Crippen LogP contribution in [0.4, 0.5) is 0 Å². The van der Waals surface area contributed by atoms with Crippen molar-refractivity contribution in [1.82, 2.24) is 0 Å². The van der Waals surface area contributed by atoms with Crippen LogP contribution in [0.15, 0.2) is 6.07 Å². The predicted octanol–water partition coefficient (Wildman–Crippen LogP) is 1.42. The standard InChI is InChI=1S/C10H12O5/c1-5-7(14-2)4-6(11)8(10(12)13)9(5)15-3/h4,11H,1-3H3,(H,12,13). The fourth-order valence-corrected chi connectivity index (χ4v) is 1.39. The highest BCUT2D eigenvalue weighted by atomic mass is 16.5. The number of rotatable bonds is 3. The highest BCUT2D eigenvalue weighted by Crippen LogP contribution is 2.37. The molecule has 0 radical (unpaired) electrons. The van der Waals surface area contributed by atoms with E-state index in [-0.39, 0.29) is 17.1 Å². The van der Waals surface area contributed by atoms with Crippen LogP contribution in [0.1, 0.15) is 15.9 Å². The molecule has 82 valence electrons. The van der Waals surface area contributed by atoms with Crippen molar-refractivity contribution in [2.45, 2.75) is 6.92 Å². The van der Waals surface area contributed by atoms with Crippen molar-refractivity contribution in [2.24, 2.45) is 0 Å². The highest BCUT2D eigenvalue weighted by molar-refractivity contribution is 5.95. The summed E-state index contributed by atoms with van der Waals surface area (Å²) in [7, 11) is 2.77. The Hall–Kier alpha value is -1.91. The van der Waals surface area contributed by atoms with Gasteiger partial charge < -0.3 is 19.7 Å². The van der Waals surface area contributed by atoms with Crippen molar-refractivity contribution < 1.29 is 24.5 Å². The normalized spacial score (nSPS) is 9.80. The van der Waals surface area contributed by atoms with Gasteiger partial charge in [-0.25, -0.2) is 4.79 Å². The van der Waals surface area contributed by atoms with Gasteiger partial charge in [-0.05, 0) is 6.92 Å². The van der Waals surface area contributed by atoms with Gasteiger partial charge in [-0.2, -0.15) is 0 Å². The zero-order valence-electron chi connectivity index (χ0n) is 8.70. The summed E-state index contributed by atoms with van der Waals surface area (Å²) in [6, 6.07) is 1.25. The Morgan fingerprint density at radius 1 is 1.33 bits per heavy atom. The summed E-state index contributed by atoms with van der Waals surface area (Å²) in [5, 5.41) is 18.4. The van der Waals surface area contributed by atoms with E-state index in [9.17, 15) is 9.90 Å². The van der Waals surface area contributed by atoms with Crippen LogP contribution in [0, 0.1) is 6.92 Å². The van der Waals surface area contributed by atoms with Crippen LogP contribution in [0.2, 0.25) is 0 Å². The van der Waals surface area contributed by atoms with Gasteiger partial charge in [0.2, 0.25) is 0 Å². The maximum absolute atomic E-state index is 10.9. The number of phenols is 1. The molecule has 0 atom stereocenters. The van der Waals surface area contributed by atoms with Gasteiger partial charge in [0.15, 0.2) is 0 Å². The van der Waals surface area contributed by atoms with E-state index in [1.165, 1.54) is 20.3 Å². The summed E-state index contributed by atoms with van der Waals surface area (Å²) < 4.78 is 9.91. The zero-order valence-corrected chi connectivity index (χ0v) is 8.70. The molecule has 1 rings (SSSR count). The lowest BCUT2D eigenvalue weighted by molar-refractivity contribution is 0.0689. The third-order valence-corrected chi connectivity index (χ3v) is 2.10. The number of carbonyl (C=O) groups is 1. The van der Waals surface area contributed by atoms with Crippen LogP contribution in [-0.4, -0.2) is 30.4 Å². The van der Waals surface area contributed by atoms with Crippen LogP contribution in [0.5, 0.6) is 17.2 Å². The number of aromatic hydroxyl groups is 1. The second-order valence-electron chi connectivity index (χ2n) is 2.94. The molecular formula is C10H12O5. The monoisotopic (exact) mass is 212 g/mol. The minimum absolute atomic E-state index is 0.111. The lowest BCUT2D eigenvalue weighted by atomic mass is 10.1. The van der Waals surface area contributed by atoms with E-state index in [2.05, 4.69) is 0 Å².